The number of hydrogen-bond acceptors (Lipinski definition) is 1. The van der Waals surface area contributed by atoms with Gasteiger partial charge in [-0.05, 0) is 31.4 Å². The van der Waals surface area contributed by atoms with Gasteiger partial charge in [0.1, 0.15) is 0 Å². The monoisotopic (exact) mass is 217 g/mol. The summed E-state index contributed by atoms with van der Waals surface area (Å²) in [6.45, 7) is 6.34. The highest BCUT2D eigenvalue weighted by Gasteiger charge is 2.39. The van der Waals surface area contributed by atoms with Crippen molar-refractivity contribution in [2.75, 3.05) is 0 Å². The van der Waals surface area contributed by atoms with Gasteiger partial charge >= 0.3 is 0 Å². The fourth-order valence-corrected chi connectivity index (χ4v) is 2.46. The summed E-state index contributed by atoms with van der Waals surface area (Å²) in [5.41, 5.74) is 2.49. The van der Waals surface area contributed by atoms with Gasteiger partial charge in [-0.25, -0.2) is 0 Å². The lowest BCUT2D eigenvalue weighted by atomic mass is 9.83. The zero-order valence-corrected chi connectivity index (χ0v) is 10.2. The van der Waals surface area contributed by atoms with Gasteiger partial charge in [-0.2, -0.15) is 0 Å². The average molecular weight is 217 g/mol. The third-order valence-corrected chi connectivity index (χ3v) is 3.51. The summed E-state index contributed by atoms with van der Waals surface area (Å²) in [6, 6.07) is 8.64. The van der Waals surface area contributed by atoms with E-state index in [4.69, 9.17) is 0 Å². The molecular formula is C14H19NO. The van der Waals surface area contributed by atoms with Crippen molar-refractivity contribution in [3.8, 4) is 0 Å². The molecule has 1 amide bonds. The lowest BCUT2D eigenvalue weighted by Gasteiger charge is -2.26. The largest absolute Gasteiger partial charge is 0.351 e. The minimum absolute atomic E-state index is 0.120. The van der Waals surface area contributed by atoms with Crippen molar-refractivity contribution < 1.29 is 4.79 Å². The van der Waals surface area contributed by atoms with Crippen LogP contribution in [0.5, 0.6) is 0 Å². The van der Waals surface area contributed by atoms with Crippen LogP contribution in [-0.2, 0) is 11.2 Å². The molecule has 2 nitrogen and oxygen atoms in total. The van der Waals surface area contributed by atoms with E-state index in [1.54, 1.807) is 0 Å². The normalized spacial score (nSPS) is 23.2. The molecule has 0 saturated carbocycles. The first-order valence-electron chi connectivity index (χ1n) is 5.93. The first kappa shape index (κ1) is 11.2. The molecule has 0 aliphatic carbocycles. The van der Waals surface area contributed by atoms with Gasteiger partial charge in [0.15, 0.2) is 0 Å². The molecule has 0 spiro atoms. The second kappa shape index (κ2) is 3.93. The Kier molecular flexibility index (Phi) is 2.75. The molecule has 0 bridgehead atoms. The Labute approximate surface area is 97.1 Å². The molecule has 1 N–H and O–H groups in total. The molecular weight excluding hydrogens is 198 g/mol. The van der Waals surface area contributed by atoms with Crippen LogP contribution in [0.15, 0.2) is 24.3 Å². The summed E-state index contributed by atoms with van der Waals surface area (Å²) in [5, 5.41) is 3.03. The Morgan fingerprint density at radius 3 is 2.38 bits per heavy atom. The van der Waals surface area contributed by atoms with Crippen molar-refractivity contribution in [2.45, 2.75) is 45.1 Å². The third-order valence-electron chi connectivity index (χ3n) is 3.51. The van der Waals surface area contributed by atoms with Crippen LogP contribution in [0.2, 0.25) is 0 Å². The molecule has 1 aromatic carbocycles. The summed E-state index contributed by atoms with van der Waals surface area (Å²) >= 11 is 0. The van der Waals surface area contributed by atoms with E-state index in [0.29, 0.717) is 12.3 Å². The average Bonchev–Trinajstić information content (AvgIpc) is 2.52. The lowest BCUT2D eigenvalue weighted by molar-refractivity contribution is -0.119. The number of nitrogens with one attached hydrogen (secondary N) is 1. The summed E-state index contributed by atoms with van der Waals surface area (Å²) in [7, 11) is 0. The maximum absolute atomic E-state index is 11.5. The number of amides is 1. The second-order valence-electron chi connectivity index (χ2n) is 5.12. The molecule has 2 rings (SSSR count). The smallest absolute Gasteiger partial charge is 0.221 e. The van der Waals surface area contributed by atoms with E-state index in [2.05, 4.69) is 50.4 Å². The van der Waals surface area contributed by atoms with Gasteiger partial charge in [0.05, 0.1) is 0 Å². The summed E-state index contributed by atoms with van der Waals surface area (Å²) in [5.74, 6) is 0.459. The van der Waals surface area contributed by atoms with E-state index < -0.39 is 0 Å². The zero-order valence-electron chi connectivity index (χ0n) is 10.2. The van der Waals surface area contributed by atoms with Crippen molar-refractivity contribution in [1.82, 2.24) is 5.32 Å². The minimum Gasteiger partial charge on any atom is -0.351 e. The Bertz CT molecular complexity index is 392. The molecule has 1 saturated heterocycles. The van der Waals surface area contributed by atoms with Gasteiger partial charge in [0.25, 0.3) is 0 Å². The van der Waals surface area contributed by atoms with Gasteiger partial charge < -0.3 is 5.32 Å². The summed E-state index contributed by atoms with van der Waals surface area (Å²) < 4.78 is 0. The van der Waals surface area contributed by atoms with Gasteiger partial charge in [-0.3, -0.25) is 4.79 Å². The number of benzene rings is 1. The molecule has 1 unspecified atom stereocenters. The van der Waals surface area contributed by atoms with Gasteiger partial charge in [0, 0.05) is 17.9 Å². The minimum atomic E-state index is -0.120. The molecule has 1 fully saturated rings. The van der Waals surface area contributed by atoms with E-state index in [0.717, 1.165) is 6.42 Å². The maximum Gasteiger partial charge on any atom is 0.221 e. The summed E-state index contributed by atoms with van der Waals surface area (Å²) in [4.78, 5) is 11.5. The molecule has 1 aromatic rings. The molecule has 1 heterocycles. The zero-order chi connectivity index (χ0) is 11.8. The van der Waals surface area contributed by atoms with Crippen LogP contribution in [0.4, 0.5) is 0 Å². The Morgan fingerprint density at radius 1 is 1.31 bits per heavy atom. The van der Waals surface area contributed by atoms with Crippen LogP contribution in [0, 0.1) is 0 Å². The number of carbonyl (C=O) groups excluding carboxylic acids is 1. The van der Waals surface area contributed by atoms with Crippen molar-refractivity contribution >= 4 is 5.91 Å². The van der Waals surface area contributed by atoms with E-state index in [1.807, 2.05) is 0 Å². The van der Waals surface area contributed by atoms with Crippen LogP contribution < -0.4 is 5.32 Å². The highest BCUT2D eigenvalue weighted by atomic mass is 16.2. The highest BCUT2D eigenvalue weighted by molar-refractivity contribution is 5.81. The first-order valence-corrected chi connectivity index (χ1v) is 5.93. The van der Waals surface area contributed by atoms with Crippen LogP contribution in [0.25, 0.3) is 0 Å². The SMILES string of the molecule is CCc1ccc(C2CC(=O)NC2(C)C)cc1. The second-order valence-corrected chi connectivity index (χ2v) is 5.12. The molecule has 2 heteroatoms. The van der Waals surface area contributed by atoms with Crippen molar-refractivity contribution in [2.24, 2.45) is 0 Å². The third kappa shape index (κ3) is 1.97. The van der Waals surface area contributed by atoms with Crippen LogP contribution in [0.3, 0.4) is 0 Å². The predicted molar refractivity (Wildman–Crippen MR) is 65.4 cm³/mol. The lowest BCUT2D eigenvalue weighted by Crippen LogP contribution is -2.38. The topological polar surface area (TPSA) is 29.1 Å². The quantitative estimate of drug-likeness (QED) is 0.810. The Balaban J connectivity index is 2.26. The molecule has 1 aliphatic rings. The van der Waals surface area contributed by atoms with E-state index >= 15 is 0 Å². The van der Waals surface area contributed by atoms with Crippen molar-refractivity contribution in [3.05, 3.63) is 35.4 Å². The van der Waals surface area contributed by atoms with Gasteiger partial charge in [-0.15, -0.1) is 0 Å². The number of aryl methyl sites for hydroxylation is 1. The van der Waals surface area contributed by atoms with E-state index in [-0.39, 0.29) is 11.4 Å². The van der Waals surface area contributed by atoms with Crippen LogP contribution in [-0.4, -0.2) is 11.4 Å². The highest BCUT2D eigenvalue weighted by Crippen LogP contribution is 2.35. The molecule has 0 radical (unpaired) electrons. The van der Waals surface area contributed by atoms with Gasteiger partial charge in [0.2, 0.25) is 5.91 Å². The molecule has 1 atom stereocenters. The Morgan fingerprint density at radius 2 is 1.94 bits per heavy atom. The first-order chi connectivity index (χ1) is 7.53. The summed E-state index contributed by atoms with van der Waals surface area (Å²) in [6.07, 6.45) is 1.67. The van der Waals surface area contributed by atoms with Crippen molar-refractivity contribution in [1.29, 1.82) is 0 Å². The fourth-order valence-electron chi connectivity index (χ4n) is 2.46. The van der Waals surface area contributed by atoms with Gasteiger partial charge in [-0.1, -0.05) is 31.2 Å². The molecule has 1 aliphatic heterocycles. The number of rotatable bonds is 2. The van der Waals surface area contributed by atoms with E-state index in [9.17, 15) is 4.79 Å². The van der Waals surface area contributed by atoms with Crippen LogP contribution >= 0.6 is 0 Å². The Hall–Kier alpha value is -1.31. The number of hydrogen-bond donors (Lipinski definition) is 1. The molecule has 16 heavy (non-hydrogen) atoms. The fraction of sp³-hybridized carbons (Fsp3) is 0.500. The van der Waals surface area contributed by atoms with Crippen molar-refractivity contribution in [3.63, 3.8) is 0 Å². The molecule has 0 aromatic heterocycles. The standard InChI is InChI=1S/C14H19NO/c1-4-10-5-7-11(8-6-10)12-9-13(16)15-14(12,2)3/h5-8,12H,4,9H2,1-3H3,(H,15,16). The molecule has 86 valence electrons. The number of carbonyl (C=O) groups is 1. The maximum atomic E-state index is 11.5. The van der Waals surface area contributed by atoms with E-state index in [1.165, 1.54) is 11.1 Å². The van der Waals surface area contributed by atoms with Crippen LogP contribution in [0.1, 0.15) is 44.2 Å². The predicted octanol–water partition coefficient (Wildman–Crippen LogP) is 2.63.